The van der Waals surface area contributed by atoms with E-state index in [4.69, 9.17) is 17.7 Å². The van der Waals surface area contributed by atoms with E-state index in [2.05, 4.69) is 87.2 Å². The molecule has 0 atom stereocenters. The first kappa shape index (κ1) is 91.2. The zero-order valence-corrected chi connectivity index (χ0v) is 75.6. The van der Waals surface area contributed by atoms with Crippen LogP contribution in [0.25, 0.3) is 90.8 Å². The number of nitrogens with zero attached hydrogens (tertiary/aromatic N) is 8. The number of furan rings is 4. The first-order valence-electron chi connectivity index (χ1n) is 46.2. The summed E-state index contributed by atoms with van der Waals surface area (Å²) >= 11 is 0. The van der Waals surface area contributed by atoms with Gasteiger partial charge in [-0.2, -0.15) is 0 Å². The maximum Gasteiger partial charge on any atom is 0.291 e. The molecule has 4 aliphatic carbocycles. The van der Waals surface area contributed by atoms with E-state index in [1.807, 2.05) is 111 Å². The number of amides is 4. The number of aryl methyl sites for hydroxylation is 4. The van der Waals surface area contributed by atoms with Gasteiger partial charge in [-0.05, 0) is 294 Å². The molecule has 4 amide bonds. The van der Waals surface area contributed by atoms with Crippen LogP contribution in [0.15, 0.2) is 273 Å². The number of aromatic nitrogens is 8. The largest absolute Gasteiger partial charge is 0.449 e. The summed E-state index contributed by atoms with van der Waals surface area (Å²) < 4.78 is 101. The Morgan fingerprint density at radius 2 is 0.657 bits per heavy atom. The van der Waals surface area contributed by atoms with Gasteiger partial charge in [0.25, 0.3) is 23.6 Å². The minimum atomic E-state index is -0.472. The summed E-state index contributed by atoms with van der Waals surface area (Å²) in [4.78, 5) is 70.2. The molecule has 0 saturated heterocycles. The summed E-state index contributed by atoms with van der Waals surface area (Å²) in [5.41, 5.74) is 16.8. The van der Waals surface area contributed by atoms with E-state index in [9.17, 15) is 41.1 Å². The summed E-state index contributed by atoms with van der Waals surface area (Å²) in [5.74, 6) is 0.508. The van der Waals surface area contributed by atoms with Crippen molar-refractivity contribution < 1.29 is 58.8 Å². The van der Waals surface area contributed by atoms with Gasteiger partial charge >= 0.3 is 0 Å². The predicted molar refractivity (Wildman–Crippen MR) is 511 cm³/mol. The number of anilines is 4. The van der Waals surface area contributed by atoms with Crippen LogP contribution in [-0.4, -0.2) is 61.8 Å². The minimum Gasteiger partial charge on any atom is -0.449 e. The van der Waals surface area contributed by atoms with Gasteiger partial charge in [-0.3, -0.25) is 19.2 Å². The Kier molecular flexibility index (Phi) is 28.1. The second-order valence-corrected chi connectivity index (χ2v) is 34.9. The predicted octanol–water partition coefficient (Wildman–Crippen LogP) is 28.3. The highest BCUT2D eigenvalue weighted by Gasteiger charge is 2.33. The molecule has 8 aromatic carbocycles. The Morgan fingerprint density at radius 3 is 0.978 bits per heavy atom. The van der Waals surface area contributed by atoms with Gasteiger partial charge in [0.1, 0.15) is 51.9 Å². The fourth-order valence-corrected chi connectivity index (χ4v) is 18.3. The van der Waals surface area contributed by atoms with Gasteiger partial charge in [-0.25, -0.2) is 41.9 Å². The monoisotopic (exact) mass is 1800 g/mol. The van der Waals surface area contributed by atoms with Crippen LogP contribution in [0.3, 0.4) is 0 Å². The highest BCUT2D eigenvalue weighted by Crippen LogP contribution is 2.45. The highest BCUT2D eigenvalue weighted by atomic mass is 19.1. The molecule has 4 N–H and O–H groups in total. The Hall–Kier alpha value is -14.8. The molecule has 684 valence electrons. The molecule has 0 bridgehead atoms. The number of hydrogen-bond donors (Lipinski definition) is 4. The Bertz CT molecular complexity index is 6790. The molecule has 16 aromatic rings. The van der Waals surface area contributed by atoms with Crippen molar-refractivity contribution in [3.63, 3.8) is 0 Å². The number of hydrogen-bond acceptors (Lipinski definition) is 12. The van der Waals surface area contributed by atoms with Crippen LogP contribution in [0.4, 0.5) is 44.7 Å². The molecule has 4 fully saturated rings. The van der Waals surface area contributed by atoms with Gasteiger partial charge in [0.2, 0.25) is 0 Å². The summed E-state index contributed by atoms with van der Waals surface area (Å²) in [6.45, 7) is 12.1. The second kappa shape index (κ2) is 41.4. The molecule has 8 aromatic heterocycles. The average molecular weight is 1810 g/mol. The Morgan fingerprint density at radius 1 is 0.343 bits per heavy atom. The maximum atomic E-state index is 13.8. The lowest BCUT2D eigenvalue weighted by molar-refractivity contribution is 0.0990. The van der Waals surface area contributed by atoms with Crippen molar-refractivity contribution in [2.24, 2.45) is 0 Å². The topological polar surface area (TPSA) is 240 Å². The Balaban J connectivity index is 0.000000124. The lowest BCUT2D eigenvalue weighted by Gasteiger charge is -2.15. The molecule has 134 heavy (non-hydrogen) atoms. The number of rotatable bonds is 23. The van der Waals surface area contributed by atoms with Crippen molar-refractivity contribution in [3.8, 4) is 90.8 Å². The molecular formula is C109H105F5N12O8. The van der Waals surface area contributed by atoms with E-state index in [0.717, 1.165) is 173 Å². The number of para-hydroxylation sites is 1. The summed E-state index contributed by atoms with van der Waals surface area (Å²) in [6.07, 6.45) is 26.9. The van der Waals surface area contributed by atoms with Crippen molar-refractivity contribution in [3.05, 3.63) is 336 Å². The number of nitrogens with one attached hydrogen (secondary N) is 4. The molecule has 0 spiro atoms. The van der Waals surface area contributed by atoms with Gasteiger partial charge in [0, 0.05) is 69.2 Å². The molecule has 0 radical (unpaired) electrons. The van der Waals surface area contributed by atoms with Crippen LogP contribution < -0.4 is 21.3 Å². The molecular weight excluding hydrogens is 1700 g/mol. The second-order valence-electron chi connectivity index (χ2n) is 34.9. The average Bonchev–Trinajstić information content (AvgIpc) is 1.64. The number of benzene rings is 8. The van der Waals surface area contributed by atoms with Gasteiger partial charge in [-0.15, -0.1) is 0 Å². The van der Waals surface area contributed by atoms with Crippen LogP contribution in [0.5, 0.6) is 0 Å². The minimum absolute atomic E-state index is 0.107. The number of carbonyl (C=O) groups excluding carboxylic acids is 4. The van der Waals surface area contributed by atoms with Crippen LogP contribution in [0, 0.1) is 42.9 Å². The first-order chi connectivity index (χ1) is 65.1. The van der Waals surface area contributed by atoms with E-state index in [1.54, 1.807) is 104 Å². The molecule has 0 aliphatic heterocycles. The number of halogens is 5. The van der Waals surface area contributed by atoms with Gasteiger partial charge in [0.05, 0.1) is 48.1 Å². The standard InChI is InChI=1S/2C28H28FN3O2.C27H26FN3O2.C26H23F2N3O2/c1-18(2)19-9-13-22(14-10-19)31-28(33)25-16-15-24(34-25)27-26(20-7-11-21(29)12-8-20)30-17-32(27)23-5-3-4-6-23;1-3-19-8-6-7-18(2)25(19)31-28(33)24-16-15-23(34-24)27-26(20-11-13-21(29)14-12-20)30-17-32(27)22-9-4-5-10-22;1-2-18-6-5-7-21(16-18)30-27(32)24-15-14-23(33-24)26-25(19-10-12-20(28)13-11-19)29-17-31(26)22-8-3-4-9-22;1-16-6-11-19(14-21(16)28)30-26(32)23-13-12-22(33-23)25-24(17-7-9-18(27)10-8-17)29-15-31(25)20-4-2-3-5-20/h7-18,23H,3-6H2,1-2H3,(H,31,33);6-8,11-17,22H,3-5,9-10H2,1-2H3,(H,31,33);5-7,10-17,22H,2-4,8-9H2,1H3,(H,30,32);6-15,20H,2-5H2,1H3,(H,30,32). The van der Waals surface area contributed by atoms with E-state index in [0.29, 0.717) is 70.1 Å². The van der Waals surface area contributed by atoms with Crippen molar-refractivity contribution >= 4 is 46.4 Å². The summed E-state index contributed by atoms with van der Waals surface area (Å²) in [5, 5.41) is 11.5. The molecule has 25 heteroatoms. The summed E-state index contributed by atoms with van der Waals surface area (Å²) in [7, 11) is 0. The third-order valence-corrected chi connectivity index (χ3v) is 25.6. The van der Waals surface area contributed by atoms with E-state index >= 15 is 0 Å². The molecule has 4 saturated carbocycles. The Labute approximate surface area is 774 Å². The van der Waals surface area contributed by atoms with Crippen LogP contribution in [0.1, 0.15) is 231 Å². The van der Waals surface area contributed by atoms with Crippen LogP contribution in [0.2, 0.25) is 0 Å². The van der Waals surface area contributed by atoms with Crippen molar-refractivity contribution in [1.82, 2.24) is 38.2 Å². The lowest BCUT2D eigenvalue weighted by atomic mass is 10.0. The van der Waals surface area contributed by atoms with Gasteiger partial charge < -0.3 is 57.2 Å². The highest BCUT2D eigenvalue weighted by molar-refractivity contribution is 6.05. The normalized spacial score (nSPS) is 14.0. The van der Waals surface area contributed by atoms with Gasteiger partial charge in [-0.1, -0.05) is 128 Å². The lowest BCUT2D eigenvalue weighted by Crippen LogP contribution is -2.13. The van der Waals surface area contributed by atoms with Crippen molar-refractivity contribution in [2.45, 2.75) is 187 Å². The van der Waals surface area contributed by atoms with Crippen molar-refractivity contribution in [1.29, 1.82) is 0 Å². The zero-order valence-electron chi connectivity index (χ0n) is 75.6. The first-order valence-corrected chi connectivity index (χ1v) is 46.2. The van der Waals surface area contributed by atoms with Crippen LogP contribution in [-0.2, 0) is 12.8 Å². The number of carbonyl (C=O) groups is 4. The third kappa shape index (κ3) is 20.8. The summed E-state index contributed by atoms with van der Waals surface area (Å²) in [6, 6.07) is 66.4. The fourth-order valence-electron chi connectivity index (χ4n) is 18.3. The maximum absolute atomic E-state index is 13.8. The smallest absolute Gasteiger partial charge is 0.291 e. The molecule has 20 rings (SSSR count). The molecule has 20 nitrogen and oxygen atoms in total. The quantitative estimate of drug-likeness (QED) is 0.0437. The fraction of sp³-hybridized carbons (Fsp3) is 0.266. The van der Waals surface area contributed by atoms with Crippen molar-refractivity contribution in [2.75, 3.05) is 21.3 Å². The van der Waals surface area contributed by atoms with E-state index in [1.165, 1.54) is 98.7 Å². The molecule has 4 aliphatic rings. The number of imidazole rings is 4. The molecule has 8 heterocycles. The molecule has 0 unspecified atom stereocenters. The zero-order chi connectivity index (χ0) is 93.0. The SMILES string of the molecule is CC(C)c1ccc(NC(=O)c2ccc(-c3c(-c4ccc(F)cc4)ncn3C3CCCC3)o2)cc1.CCc1cccc(C)c1NC(=O)c1ccc(-c2c(-c3ccc(F)cc3)ncn2C2CCCC2)o1.CCc1cccc(NC(=O)c2ccc(-c3c(-c4ccc(F)cc4)ncn3C3CCCC3)o2)c1.Cc1ccc(NC(=O)c2ccc(-c3c(-c4ccc(F)cc4)ncn3C3CCCC3)o2)cc1F. The van der Waals surface area contributed by atoms with Crippen LogP contribution >= 0.6 is 0 Å². The van der Waals surface area contributed by atoms with Gasteiger partial charge in [0.15, 0.2) is 46.1 Å². The third-order valence-electron chi connectivity index (χ3n) is 25.6. The van der Waals surface area contributed by atoms with E-state index in [-0.39, 0.29) is 64.0 Å². The van der Waals surface area contributed by atoms with E-state index < -0.39 is 11.7 Å².